The number of aryl methyl sites for hydroxylation is 2. The monoisotopic (exact) mass is 446 g/mol. The molecule has 32 heavy (non-hydrogen) atoms. The Morgan fingerprint density at radius 2 is 1.81 bits per heavy atom. The summed E-state index contributed by atoms with van der Waals surface area (Å²) in [6.07, 6.45) is -2.98. The van der Waals surface area contributed by atoms with E-state index in [1.165, 1.54) is 30.1 Å². The molecule has 166 valence electrons. The molecule has 11 heteroatoms. The number of hydrogen-bond donors (Lipinski definition) is 0. The van der Waals surface area contributed by atoms with Crippen LogP contribution in [0.2, 0.25) is 0 Å². The molecule has 0 atom stereocenters. The number of halogens is 4. The Hall–Kier alpha value is -3.76. The second-order valence-corrected chi connectivity index (χ2v) is 7.41. The van der Waals surface area contributed by atoms with E-state index >= 15 is 0 Å². The van der Waals surface area contributed by atoms with Crippen LogP contribution in [0.4, 0.5) is 17.6 Å². The number of nitrogens with zero attached hydrogens (tertiary/aromatic N) is 6. The summed E-state index contributed by atoms with van der Waals surface area (Å²) in [5.74, 6) is -1.08. The quantitative estimate of drug-likeness (QED) is 0.447. The van der Waals surface area contributed by atoms with E-state index < -0.39 is 23.6 Å². The first kappa shape index (κ1) is 21.5. The third-order valence-electron chi connectivity index (χ3n) is 4.95. The number of fused-ring (bicyclic) bond motifs is 1. The fraction of sp³-hybridized carbons (Fsp3) is 0.238. The predicted octanol–water partition coefficient (Wildman–Crippen LogP) is 3.87. The van der Waals surface area contributed by atoms with Gasteiger partial charge in [0.15, 0.2) is 17.0 Å². The number of rotatable bonds is 4. The third kappa shape index (κ3) is 4.05. The fourth-order valence-electron chi connectivity index (χ4n) is 3.38. The highest BCUT2D eigenvalue weighted by Crippen LogP contribution is 2.32. The van der Waals surface area contributed by atoms with Gasteiger partial charge in [-0.3, -0.25) is 9.48 Å². The summed E-state index contributed by atoms with van der Waals surface area (Å²) in [7, 11) is 3.28. The summed E-state index contributed by atoms with van der Waals surface area (Å²) < 4.78 is 56.6. The summed E-state index contributed by atoms with van der Waals surface area (Å²) in [4.78, 5) is 18.4. The van der Waals surface area contributed by atoms with Gasteiger partial charge >= 0.3 is 6.18 Å². The number of carbonyl (C=O) groups is 1. The van der Waals surface area contributed by atoms with Gasteiger partial charge in [-0.1, -0.05) is 0 Å². The molecule has 4 aromatic rings. The van der Waals surface area contributed by atoms with Crippen LogP contribution in [0.1, 0.15) is 27.4 Å². The lowest BCUT2D eigenvalue weighted by Crippen LogP contribution is -2.27. The minimum atomic E-state index is -4.75. The third-order valence-corrected chi connectivity index (χ3v) is 4.95. The first-order valence-corrected chi connectivity index (χ1v) is 9.51. The number of amides is 1. The number of benzene rings is 1. The second kappa shape index (κ2) is 7.74. The number of aromatic nitrogens is 5. The Morgan fingerprint density at radius 3 is 2.41 bits per heavy atom. The molecule has 0 unspecified atom stereocenters. The maximum absolute atomic E-state index is 13.7. The van der Waals surface area contributed by atoms with Gasteiger partial charge in [0.05, 0.1) is 11.4 Å². The molecule has 0 bridgehead atoms. The SMILES string of the molecule is Cc1nn(C)cc1CN(C)C(=O)c1cc2nc(-c3ccc(F)cc3)cc(C(F)(F)F)n2n1. The van der Waals surface area contributed by atoms with Crippen molar-refractivity contribution in [3.8, 4) is 11.3 Å². The molecule has 3 heterocycles. The van der Waals surface area contributed by atoms with Crippen molar-refractivity contribution in [2.45, 2.75) is 19.6 Å². The highest BCUT2D eigenvalue weighted by atomic mass is 19.4. The van der Waals surface area contributed by atoms with Crippen LogP contribution in [-0.4, -0.2) is 42.2 Å². The van der Waals surface area contributed by atoms with Crippen molar-refractivity contribution in [1.82, 2.24) is 29.3 Å². The zero-order valence-corrected chi connectivity index (χ0v) is 17.4. The van der Waals surface area contributed by atoms with Gasteiger partial charge in [0.2, 0.25) is 0 Å². The van der Waals surface area contributed by atoms with Crippen molar-refractivity contribution >= 4 is 11.6 Å². The zero-order chi connectivity index (χ0) is 23.2. The van der Waals surface area contributed by atoms with Gasteiger partial charge in [0, 0.05) is 44.0 Å². The van der Waals surface area contributed by atoms with Crippen LogP contribution in [0.15, 0.2) is 42.6 Å². The maximum Gasteiger partial charge on any atom is 0.433 e. The molecule has 1 amide bonds. The number of hydrogen-bond acceptors (Lipinski definition) is 4. The maximum atomic E-state index is 13.7. The molecule has 7 nitrogen and oxygen atoms in total. The minimum Gasteiger partial charge on any atom is -0.336 e. The molecule has 0 N–H and O–H groups in total. The van der Waals surface area contributed by atoms with Crippen molar-refractivity contribution in [1.29, 1.82) is 0 Å². The largest absolute Gasteiger partial charge is 0.433 e. The van der Waals surface area contributed by atoms with Crippen molar-refractivity contribution in [2.75, 3.05) is 7.05 Å². The summed E-state index contributed by atoms with van der Waals surface area (Å²) in [6, 6.07) is 6.97. The highest BCUT2D eigenvalue weighted by molar-refractivity contribution is 5.93. The van der Waals surface area contributed by atoms with Gasteiger partial charge in [-0.15, -0.1) is 0 Å². The van der Waals surface area contributed by atoms with Gasteiger partial charge < -0.3 is 4.90 Å². The lowest BCUT2D eigenvalue weighted by molar-refractivity contribution is -0.142. The van der Waals surface area contributed by atoms with Crippen LogP contribution in [0.5, 0.6) is 0 Å². The lowest BCUT2D eigenvalue weighted by atomic mass is 10.1. The Morgan fingerprint density at radius 1 is 1.12 bits per heavy atom. The van der Waals surface area contributed by atoms with Crippen LogP contribution in [-0.2, 0) is 19.8 Å². The van der Waals surface area contributed by atoms with Crippen LogP contribution < -0.4 is 0 Å². The minimum absolute atomic E-state index is 0.0111. The first-order chi connectivity index (χ1) is 15.0. The molecule has 0 saturated heterocycles. The van der Waals surface area contributed by atoms with E-state index in [0.717, 1.165) is 29.5 Å². The van der Waals surface area contributed by atoms with E-state index in [2.05, 4.69) is 15.2 Å². The van der Waals surface area contributed by atoms with Crippen molar-refractivity contribution in [2.24, 2.45) is 7.05 Å². The van der Waals surface area contributed by atoms with Crippen molar-refractivity contribution < 1.29 is 22.4 Å². The summed E-state index contributed by atoms with van der Waals surface area (Å²) >= 11 is 0. The Kier molecular flexibility index (Phi) is 5.19. The van der Waals surface area contributed by atoms with E-state index in [1.807, 2.05) is 0 Å². The molecule has 0 saturated carbocycles. The van der Waals surface area contributed by atoms with E-state index in [1.54, 1.807) is 24.9 Å². The van der Waals surface area contributed by atoms with Crippen LogP contribution in [0.3, 0.4) is 0 Å². The predicted molar refractivity (Wildman–Crippen MR) is 107 cm³/mol. The molecule has 0 aliphatic heterocycles. The molecule has 1 aromatic carbocycles. The van der Waals surface area contributed by atoms with Crippen LogP contribution in [0.25, 0.3) is 16.9 Å². The average Bonchev–Trinajstić information content (AvgIpc) is 3.28. The smallest absolute Gasteiger partial charge is 0.336 e. The summed E-state index contributed by atoms with van der Waals surface area (Å²) in [6.45, 7) is 2.02. The molecule has 0 spiro atoms. The summed E-state index contributed by atoms with van der Waals surface area (Å²) in [5.41, 5.74) is 0.427. The van der Waals surface area contributed by atoms with Gasteiger partial charge in [-0.25, -0.2) is 13.9 Å². The Bertz CT molecular complexity index is 1310. The molecule has 3 aromatic heterocycles. The van der Waals surface area contributed by atoms with Gasteiger partial charge in [0.25, 0.3) is 5.91 Å². The highest BCUT2D eigenvalue weighted by Gasteiger charge is 2.36. The molecule has 4 rings (SSSR count). The standard InChI is InChI=1S/C21H18F4N6O/c1-12-14(11-30(3)27-12)10-29(2)20(32)17-9-19-26-16(13-4-6-15(22)7-5-13)8-18(21(23,24)25)31(19)28-17/h4-9,11H,10H2,1-3H3. The molecular formula is C21H18F4N6O. The molecule has 0 aliphatic rings. The van der Waals surface area contributed by atoms with Crippen LogP contribution >= 0.6 is 0 Å². The average molecular weight is 446 g/mol. The topological polar surface area (TPSA) is 68.3 Å². The Balaban J connectivity index is 1.74. The lowest BCUT2D eigenvalue weighted by Gasteiger charge is -2.15. The van der Waals surface area contributed by atoms with Gasteiger partial charge in [-0.05, 0) is 37.3 Å². The zero-order valence-electron chi connectivity index (χ0n) is 17.4. The van der Waals surface area contributed by atoms with Crippen molar-refractivity contribution in [3.63, 3.8) is 0 Å². The van der Waals surface area contributed by atoms with E-state index in [4.69, 9.17) is 0 Å². The number of alkyl halides is 3. The van der Waals surface area contributed by atoms with E-state index in [-0.39, 0.29) is 23.6 Å². The van der Waals surface area contributed by atoms with Crippen molar-refractivity contribution in [3.05, 3.63) is 71.1 Å². The molecular weight excluding hydrogens is 428 g/mol. The number of carbonyl (C=O) groups excluding carboxylic acids is 1. The van der Waals surface area contributed by atoms with Gasteiger partial charge in [0.1, 0.15) is 5.82 Å². The molecule has 0 aliphatic carbocycles. The molecule has 0 fully saturated rings. The molecule has 0 radical (unpaired) electrons. The van der Waals surface area contributed by atoms with E-state index in [0.29, 0.717) is 10.1 Å². The Labute approximate surface area is 179 Å². The summed E-state index contributed by atoms with van der Waals surface area (Å²) in [5, 5.41) is 8.09. The fourth-order valence-corrected chi connectivity index (χ4v) is 3.38. The van der Waals surface area contributed by atoms with Crippen LogP contribution in [0, 0.1) is 12.7 Å². The first-order valence-electron chi connectivity index (χ1n) is 9.51. The normalized spacial score (nSPS) is 11.8. The van der Waals surface area contributed by atoms with E-state index in [9.17, 15) is 22.4 Å². The second-order valence-electron chi connectivity index (χ2n) is 7.41. The van der Waals surface area contributed by atoms with Gasteiger partial charge in [-0.2, -0.15) is 23.4 Å².